The van der Waals surface area contributed by atoms with E-state index in [1.165, 1.54) is 30.5 Å². The van der Waals surface area contributed by atoms with E-state index in [4.69, 9.17) is 10.4 Å². The molecule has 0 unspecified atom stereocenters. The van der Waals surface area contributed by atoms with Crippen molar-refractivity contribution in [2.24, 2.45) is 0 Å². The number of phenolic OH excluding ortho intramolecular Hbond substituents is 1. The Morgan fingerprint density at radius 1 is 1.22 bits per heavy atom. The maximum Gasteiger partial charge on any atom is 0.274 e. The van der Waals surface area contributed by atoms with Crippen molar-refractivity contribution in [3.63, 3.8) is 0 Å². The summed E-state index contributed by atoms with van der Waals surface area (Å²) in [6, 6.07) is 11.0. The van der Waals surface area contributed by atoms with Gasteiger partial charge in [-0.2, -0.15) is 5.26 Å². The van der Waals surface area contributed by atoms with Gasteiger partial charge in [-0.25, -0.2) is 4.98 Å². The molecule has 18 heavy (non-hydrogen) atoms. The first-order valence-electron chi connectivity index (χ1n) is 5.15. The van der Waals surface area contributed by atoms with E-state index in [1.54, 1.807) is 12.1 Å². The normalized spacial score (nSPS) is 9.50. The van der Waals surface area contributed by atoms with Gasteiger partial charge in [-0.15, -0.1) is 0 Å². The van der Waals surface area contributed by atoms with Crippen LogP contribution in [0.3, 0.4) is 0 Å². The van der Waals surface area contributed by atoms with Crippen molar-refractivity contribution in [1.82, 2.24) is 4.98 Å². The molecule has 1 heterocycles. The number of benzene rings is 1. The minimum Gasteiger partial charge on any atom is -0.508 e. The molecule has 0 aliphatic rings. The highest BCUT2D eigenvalue weighted by atomic mass is 16.3. The van der Waals surface area contributed by atoms with Crippen LogP contribution in [-0.2, 0) is 0 Å². The number of pyridine rings is 1. The van der Waals surface area contributed by atoms with Gasteiger partial charge in [0.25, 0.3) is 5.91 Å². The number of carbonyl (C=O) groups excluding carboxylic acids is 1. The summed E-state index contributed by atoms with van der Waals surface area (Å²) in [7, 11) is 0. The number of rotatable bonds is 2. The summed E-state index contributed by atoms with van der Waals surface area (Å²) in [4.78, 5) is 15.7. The Morgan fingerprint density at radius 3 is 2.50 bits per heavy atom. The lowest BCUT2D eigenvalue weighted by atomic mass is 10.2. The van der Waals surface area contributed by atoms with Crippen LogP contribution in [0.25, 0.3) is 0 Å². The fraction of sp³-hybridized carbons (Fsp3) is 0. The van der Waals surface area contributed by atoms with Gasteiger partial charge in [-0.05, 0) is 36.4 Å². The number of nitrogens with one attached hydrogen (secondary N) is 1. The average Bonchev–Trinajstić information content (AvgIpc) is 2.41. The zero-order valence-corrected chi connectivity index (χ0v) is 9.29. The smallest absolute Gasteiger partial charge is 0.274 e. The molecule has 1 amide bonds. The van der Waals surface area contributed by atoms with Gasteiger partial charge in [-0.1, -0.05) is 0 Å². The first-order chi connectivity index (χ1) is 8.69. The second-order valence-electron chi connectivity index (χ2n) is 3.54. The van der Waals surface area contributed by atoms with Crippen molar-refractivity contribution in [2.75, 3.05) is 5.32 Å². The molecule has 0 fully saturated rings. The number of hydrogen-bond donors (Lipinski definition) is 2. The lowest BCUT2D eigenvalue weighted by Gasteiger charge is -2.04. The third-order valence-electron chi connectivity index (χ3n) is 2.25. The van der Waals surface area contributed by atoms with Crippen LogP contribution in [0.4, 0.5) is 5.69 Å². The van der Waals surface area contributed by atoms with Crippen molar-refractivity contribution in [1.29, 1.82) is 5.26 Å². The van der Waals surface area contributed by atoms with Gasteiger partial charge in [0.15, 0.2) is 0 Å². The highest BCUT2D eigenvalue weighted by Crippen LogP contribution is 2.14. The minimum absolute atomic E-state index is 0.129. The third-order valence-corrected chi connectivity index (χ3v) is 2.25. The number of anilines is 1. The largest absolute Gasteiger partial charge is 0.508 e. The quantitative estimate of drug-likeness (QED) is 0.784. The van der Waals surface area contributed by atoms with Gasteiger partial charge in [0.2, 0.25) is 0 Å². The molecule has 5 nitrogen and oxygen atoms in total. The lowest BCUT2D eigenvalue weighted by molar-refractivity contribution is 0.102. The van der Waals surface area contributed by atoms with E-state index in [-0.39, 0.29) is 17.4 Å². The van der Waals surface area contributed by atoms with Crippen molar-refractivity contribution >= 4 is 11.6 Å². The molecule has 0 atom stereocenters. The first-order valence-corrected chi connectivity index (χ1v) is 5.15. The topological polar surface area (TPSA) is 86.0 Å². The Bertz CT molecular complexity index is 598. The van der Waals surface area contributed by atoms with Crippen LogP contribution >= 0.6 is 0 Å². The van der Waals surface area contributed by atoms with E-state index in [0.717, 1.165) is 0 Å². The number of phenols is 1. The fourth-order valence-corrected chi connectivity index (χ4v) is 1.33. The molecule has 88 valence electrons. The summed E-state index contributed by atoms with van der Waals surface area (Å²) in [5.41, 5.74) is 1.18. The number of nitriles is 1. The zero-order valence-electron chi connectivity index (χ0n) is 9.29. The van der Waals surface area contributed by atoms with Gasteiger partial charge in [0, 0.05) is 11.9 Å². The summed E-state index contributed by atoms with van der Waals surface area (Å²) < 4.78 is 0. The molecule has 0 aliphatic carbocycles. The maximum atomic E-state index is 11.8. The van der Waals surface area contributed by atoms with Crippen LogP contribution < -0.4 is 5.32 Å². The highest BCUT2D eigenvalue weighted by Gasteiger charge is 2.07. The average molecular weight is 239 g/mol. The lowest BCUT2D eigenvalue weighted by Crippen LogP contribution is -2.13. The summed E-state index contributed by atoms with van der Waals surface area (Å²) in [6.07, 6.45) is 1.34. The summed E-state index contributed by atoms with van der Waals surface area (Å²) in [6.45, 7) is 0. The molecule has 1 aromatic carbocycles. The maximum absolute atomic E-state index is 11.8. The van der Waals surface area contributed by atoms with Gasteiger partial charge < -0.3 is 10.4 Å². The van der Waals surface area contributed by atoms with Gasteiger partial charge >= 0.3 is 0 Å². The molecule has 0 saturated carbocycles. The van der Waals surface area contributed by atoms with Crippen LogP contribution in [0.15, 0.2) is 42.6 Å². The number of nitrogens with zero attached hydrogens (tertiary/aromatic N) is 2. The van der Waals surface area contributed by atoms with E-state index in [2.05, 4.69) is 10.3 Å². The van der Waals surface area contributed by atoms with E-state index in [1.807, 2.05) is 6.07 Å². The molecule has 5 heteroatoms. The Balaban J connectivity index is 2.12. The van der Waals surface area contributed by atoms with Crippen LogP contribution in [0.1, 0.15) is 16.1 Å². The molecule has 0 bridgehead atoms. The molecular formula is C13H9N3O2. The first kappa shape index (κ1) is 11.6. The van der Waals surface area contributed by atoms with Crippen molar-refractivity contribution in [3.05, 3.63) is 53.9 Å². The van der Waals surface area contributed by atoms with E-state index >= 15 is 0 Å². The monoisotopic (exact) mass is 239 g/mol. The predicted molar refractivity (Wildman–Crippen MR) is 65.0 cm³/mol. The Hall–Kier alpha value is -2.87. The summed E-state index contributed by atoms with van der Waals surface area (Å²) in [5, 5.41) is 20.4. The van der Waals surface area contributed by atoms with Crippen LogP contribution in [-0.4, -0.2) is 16.0 Å². The Labute approximate surface area is 103 Å². The number of hydrogen-bond acceptors (Lipinski definition) is 4. The number of amides is 1. The number of aromatic nitrogens is 1. The molecular weight excluding hydrogens is 230 g/mol. The fourth-order valence-electron chi connectivity index (χ4n) is 1.33. The number of carbonyl (C=O) groups is 1. The number of aromatic hydroxyl groups is 1. The van der Waals surface area contributed by atoms with Gasteiger partial charge in [0.05, 0.1) is 5.56 Å². The molecule has 1 aromatic heterocycles. The highest BCUT2D eigenvalue weighted by molar-refractivity contribution is 6.02. The minimum atomic E-state index is -0.370. The molecule has 0 saturated heterocycles. The van der Waals surface area contributed by atoms with E-state index < -0.39 is 0 Å². The summed E-state index contributed by atoms with van der Waals surface area (Å²) >= 11 is 0. The van der Waals surface area contributed by atoms with Crippen molar-refractivity contribution < 1.29 is 9.90 Å². The predicted octanol–water partition coefficient (Wildman–Crippen LogP) is 1.91. The standard InChI is InChI=1S/C13H9N3O2/c14-7-9-1-6-12(15-8-9)13(18)16-10-2-4-11(17)5-3-10/h1-6,8,17H,(H,16,18). The molecule has 2 N–H and O–H groups in total. The second kappa shape index (κ2) is 4.97. The van der Waals surface area contributed by atoms with E-state index in [0.29, 0.717) is 11.3 Å². The molecule has 2 rings (SSSR count). The molecule has 0 radical (unpaired) electrons. The van der Waals surface area contributed by atoms with Gasteiger partial charge in [-0.3, -0.25) is 4.79 Å². The SMILES string of the molecule is N#Cc1ccc(C(=O)Nc2ccc(O)cc2)nc1. The van der Waals surface area contributed by atoms with Crippen LogP contribution in [0.5, 0.6) is 5.75 Å². The van der Waals surface area contributed by atoms with Crippen LogP contribution in [0, 0.1) is 11.3 Å². The van der Waals surface area contributed by atoms with Crippen LogP contribution in [0.2, 0.25) is 0 Å². The van der Waals surface area contributed by atoms with Gasteiger partial charge in [0.1, 0.15) is 17.5 Å². The Kier molecular flexibility index (Phi) is 3.21. The third kappa shape index (κ3) is 2.62. The molecule has 0 aliphatic heterocycles. The molecule has 0 spiro atoms. The van der Waals surface area contributed by atoms with E-state index in [9.17, 15) is 4.79 Å². The van der Waals surface area contributed by atoms with Crippen molar-refractivity contribution in [2.45, 2.75) is 0 Å². The zero-order chi connectivity index (χ0) is 13.0. The molecule has 2 aromatic rings. The Morgan fingerprint density at radius 2 is 1.94 bits per heavy atom. The second-order valence-corrected chi connectivity index (χ2v) is 3.54. The summed E-state index contributed by atoms with van der Waals surface area (Å²) in [5.74, 6) is -0.241. The van der Waals surface area contributed by atoms with Crippen molar-refractivity contribution in [3.8, 4) is 11.8 Å².